The second-order valence-corrected chi connectivity index (χ2v) is 6.07. The van der Waals surface area contributed by atoms with Gasteiger partial charge in [0.05, 0.1) is 14.2 Å². The van der Waals surface area contributed by atoms with Crippen molar-refractivity contribution in [3.05, 3.63) is 53.6 Å². The van der Waals surface area contributed by atoms with Gasteiger partial charge in [-0.25, -0.2) is 0 Å². The van der Waals surface area contributed by atoms with Gasteiger partial charge in [-0.15, -0.1) is 4.89 Å². The summed E-state index contributed by atoms with van der Waals surface area (Å²) in [5.74, 6) is 1.20. The zero-order valence-corrected chi connectivity index (χ0v) is 14.4. The molecule has 126 valence electrons. The number of hydrogen-bond donors (Lipinski definition) is 1. The lowest BCUT2D eigenvalue weighted by atomic mass is 9.96. The van der Waals surface area contributed by atoms with E-state index < -0.39 is 14.5 Å². The number of para-hydroxylation sites is 1. The molecule has 0 spiro atoms. The molecule has 1 N–H and O–H groups in total. The largest absolute Gasteiger partial charge is 0.697 e. The van der Waals surface area contributed by atoms with Gasteiger partial charge in [-0.1, -0.05) is 22.7 Å². The number of nitrogens with zero attached hydrogens (tertiary/aromatic N) is 1. The van der Waals surface area contributed by atoms with Crippen LogP contribution < -0.4 is 14.4 Å². The van der Waals surface area contributed by atoms with Crippen LogP contribution in [-0.2, 0) is 15.5 Å². The molecular weight excluding hydrogens is 329 g/mol. The smallest absolute Gasteiger partial charge is 0.493 e. The van der Waals surface area contributed by atoms with Gasteiger partial charge in [0.25, 0.3) is 0 Å². The molecule has 7 heteroatoms. The van der Waals surface area contributed by atoms with Crippen molar-refractivity contribution in [2.75, 3.05) is 25.7 Å². The van der Waals surface area contributed by atoms with Crippen LogP contribution in [0.15, 0.2) is 42.5 Å². The van der Waals surface area contributed by atoms with E-state index in [1.807, 2.05) is 47.4 Å². The van der Waals surface area contributed by atoms with Gasteiger partial charge in [0.1, 0.15) is 0 Å². The number of benzene rings is 2. The molecule has 0 bridgehead atoms. The topological polar surface area (TPSA) is 68.2 Å². The third-order valence-corrected chi connectivity index (χ3v) is 4.47. The molecule has 2 aromatic rings. The highest BCUT2D eigenvalue weighted by Gasteiger charge is 2.36. The van der Waals surface area contributed by atoms with Crippen LogP contribution in [0.25, 0.3) is 0 Å². The summed E-state index contributed by atoms with van der Waals surface area (Å²) in [6, 6.07) is 13.4. The average Bonchev–Trinajstić information content (AvgIpc) is 2.61. The Morgan fingerprint density at radius 3 is 2.42 bits per heavy atom. The zero-order valence-electron chi connectivity index (χ0n) is 13.5. The number of fused-ring (bicyclic) bond motifs is 1. The second-order valence-electron chi connectivity index (χ2n) is 5.38. The van der Waals surface area contributed by atoms with Crippen LogP contribution in [0.4, 0.5) is 5.69 Å². The molecule has 1 aliphatic heterocycles. The lowest BCUT2D eigenvalue weighted by molar-refractivity contribution is 0.178. The summed E-state index contributed by atoms with van der Waals surface area (Å²) in [5.41, 5.74) is 2.75. The molecule has 24 heavy (non-hydrogen) atoms. The number of hydrogen-bond acceptors (Lipinski definition) is 5. The first-order valence-corrected chi connectivity index (χ1v) is 8.66. The predicted molar refractivity (Wildman–Crippen MR) is 90.7 cm³/mol. The van der Waals surface area contributed by atoms with E-state index in [2.05, 4.69) is 0 Å². The van der Waals surface area contributed by atoms with Gasteiger partial charge in [-0.05, 0) is 36.2 Å². The van der Waals surface area contributed by atoms with E-state index in [4.69, 9.17) is 14.0 Å². The molecule has 2 aromatic carbocycles. The van der Waals surface area contributed by atoms with Gasteiger partial charge in [0.15, 0.2) is 11.5 Å². The lowest BCUT2D eigenvalue weighted by Gasteiger charge is -2.35. The molecule has 0 aliphatic carbocycles. The van der Waals surface area contributed by atoms with Gasteiger partial charge in [0.2, 0.25) is 6.23 Å². The minimum Gasteiger partial charge on any atom is -0.493 e. The zero-order chi connectivity index (χ0) is 17.1. The summed E-state index contributed by atoms with van der Waals surface area (Å²) < 4.78 is 27.4. The van der Waals surface area contributed by atoms with Crippen LogP contribution in [0.3, 0.4) is 0 Å². The molecule has 0 fully saturated rings. The fourth-order valence-corrected chi connectivity index (χ4v) is 3.39. The maximum atomic E-state index is 11.4. The highest BCUT2D eigenvalue weighted by molar-refractivity contribution is 7.32. The Labute approximate surface area is 141 Å². The third kappa shape index (κ3) is 3.22. The summed E-state index contributed by atoms with van der Waals surface area (Å²) in [6.45, 7) is 0.667. The summed E-state index contributed by atoms with van der Waals surface area (Å²) in [5, 5.41) is 0. The van der Waals surface area contributed by atoms with Crippen LogP contribution in [0.5, 0.6) is 11.5 Å². The molecule has 6 nitrogen and oxygen atoms in total. The lowest BCUT2D eigenvalue weighted by Crippen LogP contribution is -2.36. The number of methoxy groups -OCH3 is 2. The number of rotatable bonds is 5. The molecule has 0 radical (unpaired) electrons. The van der Waals surface area contributed by atoms with E-state index in [0.29, 0.717) is 18.0 Å². The molecule has 0 amide bonds. The van der Waals surface area contributed by atoms with Crippen molar-refractivity contribution in [2.45, 2.75) is 12.6 Å². The summed E-state index contributed by atoms with van der Waals surface area (Å²) >= 11 is 0. The van der Waals surface area contributed by atoms with E-state index in [1.165, 1.54) is 0 Å². The van der Waals surface area contributed by atoms with E-state index in [0.717, 1.165) is 23.2 Å². The van der Waals surface area contributed by atoms with Crippen molar-refractivity contribution in [3.63, 3.8) is 0 Å². The Kier molecular flexibility index (Phi) is 5.00. The minimum absolute atomic E-state index is 0.563. The van der Waals surface area contributed by atoms with Gasteiger partial charge >= 0.3 is 8.25 Å². The molecule has 3 rings (SSSR count). The van der Waals surface area contributed by atoms with Crippen molar-refractivity contribution in [1.82, 2.24) is 0 Å². The summed E-state index contributed by atoms with van der Waals surface area (Å²) in [4.78, 5) is 11.3. The predicted octanol–water partition coefficient (Wildman–Crippen LogP) is 3.43. The first kappa shape index (κ1) is 16.7. The Bertz CT molecular complexity index is 737. The van der Waals surface area contributed by atoms with Crippen LogP contribution >= 0.6 is 8.25 Å². The fraction of sp³-hybridized carbons (Fsp3) is 0.294. The number of ether oxygens (including phenoxy) is 2. The third-order valence-electron chi connectivity index (χ3n) is 4.09. The molecule has 1 heterocycles. The van der Waals surface area contributed by atoms with Gasteiger partial charge in [0, 0.05) is 22.4 Å². The Morgan fingerprint density at radius 1 is 1.12 bits per heavy atom. The minimum atomic E-state index is -2.75. The van der Waals surface area contributed by atoms with Crippen molar-refractivity contribution >= 4 is 13.9 Å². The van der Waals surface area contributed by atoms with E-state index >= 15 is 0 Å². The highest BCUT2D eigenvalue weighted by Crippen LogP contribution is 2.43. The molecule has 1 aliphatic rings. The maximum Gasteiger partial charge on any atom is 0.697 e. The molecular formula is C17H19NO5P+. The SMILES string of the molecule is COc1cc2c(cc1OC)[C@H](O[P+](=O)O)N(c1ccccc1)CC2. The van der Waals surface area contributed by atoms with E-state index in [1.54, 1.807) is 14.2 Å². The molecule has 2 atom stereocenters. The standard InChI is InChI=1S/C17H18NO5P/c1-21-15-10-12-8-9-18(13-6-4-3-5-7-13)17(23-24(19)20)14(12)11-16(15)22-2/h3-7,10-11,17H,8-9H2,1-2H3/p+1/t17-/m0/s1. The quantitative estimate of drug-likeness (QED) is 0.835. The Balaban J connectivity index is 2.07. The van der Waals surface area contributed by atoms with Crippen molar-refractivity contribution in [3.8, 4) is 11.5 Å². The molecule has 0 saturated carbocycles. The van der Waals surface area contributed by atoms with Crippen LogP contribution in [0.2, 0.25) is 0 Å². The van der Waals surface area contributed by atoms with E-state index in [9.17, 15) is 9.46 Å². The first-order valence-electron chi connectivity index (χ1n) is 7.53. The van der Waals surface area contributed by atoms with Crippen molar-refractivity contribution < 1.29 is 23.5 Å². The second kappa shape index (κ2) is 7.18. The highest BCUT2D eigenvalue weighted by atomic mass is 31.1. The molecule has 0 aromatic heterocycles. The van der Waals surface area contributed by atoms with Crippen LogP contribution in [0.1, 0.15) is 17.4 Å². The van der Waals surface area contributed by atoms with Crippen LogP contribution in [-0.4, -0.2) is 25.7 Å². The van der Waals surface area contributed by atoms with Gasteiger partial charge in [-0.3, -0.25) is 0 Å². The monoisotopic (exact) mass is 348 g/mol. The fourth-order valence-electron chi connectivity index (χ4n) is 2.99. The Morgan fingerprint density at radius 2 is 1.79 bits per heavy atom. The molecule has 1 unspecified atom stereocenters. The average molecular weight is 348 g/mol. The van der Waals surface area contributed by atoms with Crippen molar-refractivity contribution in [2.24, 2.45) is 0 Å². The van der Waals surface area contributed by atoms with E-state index in [-0.39, 0.29) is 0 Å². The summed E-state index contributed by atoms with van der Waals surface area (Å²) in [7, 11) is 0.392. The van der Waals surface area contributed by atoms with Gasteiger partial charge in [-0.2, -0.15) is 0 Å². The Hall–Kier alpha value is -2.14. The molecule has 0 saturated heterocycles. The van der Waals surface area contributed by atoms with Crippen molar-refractivity contribution in [1.29, 1.82) is 0 Å². The number of anilines is 1. The maximum absolute atomic E-state index is 11.4. The van der Waals surface area contributed by atoms with Crippen LogP contribution in [0, 0.1) is 0 Å². The van der Waals surface area contributed by atoms with Gasteiger partial charge < -0.3 is 14.4 Å². The normalized spacial score (nSPS) is 17.2. The first-order chi connectivity index (χ1) is 11.6. The summed E-state index contributed by atoms with van der Waals surface area (Å²) in [6.07, 6.45) is 0.108.